The number of fused-ring (bicyclic) bond motifs is 1. The van der Waals surface area contributed by atoms with E-state index in [1.54, 1.807) is 0 Å². The average Bonchev–Trinajstić information content (AvgIpc) is 2.70. The van der Waals surface area contributed by atoms with Crippen LogP contribution in [0, 0.1) is 0 Å². The highest BCUT2D eigenvalue weighted by molar-refractivity contribution is 6.31. The molecule has 1 aliphatic heterocycles. The molecular formula is C11H14ClNO2. The van der Waals surface area contributed by atoms with Crippen LogP contribution in [0.5, 0.6) is 11.5 Å². The van der Waals surface area contributed by atoms with Gasteiger partial charge in [-0.2, -0.15) is 0 Å². The fourth-order valence-electron chi connectivity index (χ4n) is 1.80. The minimum atomic E-state index is 0.252. The van der Waals surface area contributed by atoms with Crippen molar-refractivity contribution in [2.45, 2.75) is 12.8 Å². The lowest BCUT2D eigenvalue weighted by Crippen LogP contribution is -2.10. The molecule has 0 atom stereocenters. The number of phenols is 1. The van der Waals surface area contributed by atoms with Gasteiger partial charge in [-0.1, -0.05) is 11.6 Å². The Balaban J connectivity index is 2.36. The van der Waals surface area contributed by atoms with Crippen LogP contribution >= 0.6 is 11.6 Å². The van der Waals surface area contributed by atoms with E-state index < -0.39 is 0 Å². The fourth-order valence-corrected chi connectivity index (χ4v) is 2.11. The SMILES string of the molecule is CNCCc1cc(Cl)c2c(c1O)OCC2. The number of benzene rings is 1. The Morgan fingerprint density at radius 1 is 1.60 bits per heavy atom. The van der Waals surface area contributed by atoms with Crippen molar-refractivity contribution in [2.75, 3.05) is 20.2 Å². The Morgan fingerprint density at radius 2 is 2.40 bits per heavy atom. The number of hydrogen-bond acceptors (Lipinski definition) is 3. The van der Waals surface area contributed by atoms with Crippen molar-refractivity contribution in [3.8, 4) is 11.5 Å². The van der Waals surface area contributed by atoms with E-state index in [4.69, 9.17) is 16.3 Å². The number of phenolic OH excluding ortho intramolecular Hbond substituents is 1. The van der Waals surface area contributed by atoms with Crippen molar-refractivity contribution >= 4 is 11.6 Å². The van der Waals surface area contributed by atoms with Gasteiger partial charge in [0.15, 0.2) is 11.5 Å². The molecule has 0 fully saturated rings. The second-order valence-corrected chi connectivity index (χ2v) is 4.03. The lowest BCUT2D eigenvalue weighted by atomic mass is 10.1. The molecule has 0 aliphatic carbocycles. The standard InChI is InChI=1S/C11H14ClNO2/c1-13-4-2-7-6-9(12)8-3-5-15-11(8)10(7)14/h6,13-14H,2-5H2,1H3. The van der Waals surface area contributed by atoms with Crippen molar-refractivity contribution in [1.29, 1.82) is 0 Å². The number of hydrogen-bond donors (Lipinski definition) is 2. The Bertz CT molecular complexity index is 379. The number of halogens is 1. The van der Waals surface area contributed by atoms with E-state index in [0.717, 1.165) is 30.5 Å². The van der Waals surface area contributed by atoms with Gasteiger partial charge in [0.25, 0.3) is 0 Å². The van der Waals surface area contributed by atoms with E-state index in [1.165, 1.54) is 0 Å². The average molecular weight is 228 g/mol. The first-order valence-electron chi connectivity index (χ1n) is 5.04. The van der Waals surface area contributed by atoms with Gasteiger partial charge in [-0.15, -0.1) is 0 Å². The van der Waals surface area contributed by atoms with Crippen molar-refractivity contribution < 1.29 is 9.84 Å². The smallest absolute Gasteiger partial charge is 0.166 e. The Kier molecular flexibility index (Phi) is 3.03. The Labute approximate surface area is 94.0 Å². The van der Waals surface area contributed by atoms with Crippen LogP contribution in [-0.4, -0.2) is 25.3 Å². The summed E-state index contributed by atoms with van der Waals surface area (Å²) in [6.45, 7) is 1.42. The number of nitrogens with one attached hydrogen (secondary N) is 1. The monoisotopic (exact) mass is 227 g/mol. The van der Waals surface area contributed by atoms with Gasteiger partial charge < -0.3 is 15.2 Å². The molecule has 4 heteroatoms. The van der Waals surface area contributed by atoms with Crippen LogP contribution < -0.4 is 10.1 Å². The van der Waals surface area contributed by atoms with Crippen molar-refractivity contribution in [3.63, 3.8) is 0 Å². The Morgan fingerprint density at radius 3 is 3.13 bits per heavy atom. The molecular weight excluding hydrogens is 214 g/mol. The van der Waals surface area contributed by atoms with Crippen LogP contribution in [0.4, 0.5) is 0 Å². The predicted octanol–water partition coefficient (Wildman–Crippen LogP) is 1.74. The summed E-state index contributed by atoms with van der Waals surface area (Å²) < 4.78 is 5.38. The summed E-state index contributed by atoms with van der Waals surface area (Å²) in [5.41, 5.74) is 1.78. The molecule has 1 aromatic carbocycles. The molecule has 0 spiro atoms. The minimum absolute atomic E-state index is 0.252. The zero-order valence-electron chi connectivity index (χ0n) is 8.64. The molecule has 82 valence electrons. The highest BCUT2D eigenvalue weighted by atomic mass is 35.5. The second kappa shape index (κ2) is 4.29. The normalized spacial score (nSPS) is 13.7. The largest absolute Gasteiger partial charge is 0.504 e. The molecule has 1 aliphatic rings. The molecule has 0 aromatic heterocycles. The fraction of sp³-hybridized carbons (Fsp3) is 0.455. The number of likely N-dealkylation sites (N-methyl/N-ethyl adjacent to an activating group) is 1. The molecule has 1 aromatic rings. The summed E-state index contributed by atoms with van der Waals surface area (Å²) in [7, 11) is 1.88. The third kappa shape index (κ3) is 1.90. The lowest BCUT2D eigenvalue weighted by molar-refractivity contribution is 0.333. The first-order valence-corrected chi connectivity index (χ1v) is 5.42. The third-order valence-corrected chi connectivity index (χ3v) is 2.96. The summed E-state index contributed by atoms with van der Waals surface area (Å²) in [4.78, 5) is 0. The third-order valence-electron chi connectivity index (χ3n) is 2.63. The van der Waals surface area contributed by atoms with Crippen molar-refractivity contribution in [3.05, 3.63) is 22.2 Å². The molecule has 1 heterocycles. The summed E-state index contributed by atoms with van der Waals surface area (Å²) in [5.74, 6) is 0.829. The molecule has 0 saturated heterocycles. The van der Waals surface area contributed by atoms with Gasteiger partial charge in [0.2, 0.25) is 0 Å². The van der Waals surface area contributed by atoms with Crippen LogP contribution in [0.3, 0.4) is 0 Å². The molecule has 15 heavy (non-hydrogen) atoms. The molecule has 2 N–H and O–H groups in total. The number of rotatable bonds is 3. The summed E-state index contributed by atoms with van der Waals surface area (Å²) >= 11 is 6.11. The Hall–Kier alpha value is -0.930. The first kappa shape index (κ1) is 10.6. The van der Waals surface area contributed by atoms with E-state index >= 15 is 0 Å². The molecule has 0 unspecified atom stereocenters. The molecule has 0 radical (unpaired) electrons. The van der Waals surface area contributed by atoms with Gasteiger partial charge in [-0.25, -0.2) is 0 Å². The zero-order valence-corrected chi connectivity index (χ0v) is 9.40. The molecule has 0 saturated carbocycles. The summed E-state index contributed by atoms with van der Waals surface area (Å²) in [5, 5.41) is 13.7. The number of aromatic hydroxyl groups is 1. The van der Waals surface area contributed by atoms with Gasteiger partial charge in [-0.05, 0) is 26.1 Å². The quantitative estimate of drug-likeness (QED) is 0.827. The van der Waals surface area contributed by atoms with Crippen molar-refractivity contribution in [1.82, 2.24) is 5.32 Å². The molecule has 0 amide bonds. The van der Waals surface area contributed by atoms with Gasteiger partial charge in [0, 0.05) is 22.6 Å². The van der Waals surface area contributed by atoms with Gasteiger partial charge >= 0.3 is 0 Å². The lowest BCUT2D eigenvalue weighted by Gasteiger charge is -2.10. The van der Waals surface area contributed by atoms with Crippen LogP contribution in [0.25, 0.3) is 0 Å². The molecule has 2 rings (SSSR count). The van der Waals surface area contributed by atoms with Crippen LogP contribution in [0.2, 0.25) is 5.02 Å². The minimum Gasteiger partial charge on any atom is -0.504 e. The van der Waals surface area contributed by atoms with Gasteiger partial charge in [0.05, 0.1) is 6.61 Å². The van der Waals surface area contributed by atoms with Gasteiger partial charge in [-0.3, -0.25) is 0 Å². The number of ether oxygens (including phenoxy) is 1. The topological polar surface area (TPSA) is 41.5 Å². The highest BCUT2D eigenvalue weighted by Crippen LogP contribution is 2.42. The van der Waals surface area contributed by atoms with Crippen LogP contribution in [-0.2, 0) is 12.8 Å². The maximum Gasteiger partial charge on any atom is 0.166 e. The van der Waals surface area contributed by atoms with Crippen LogP contribution in [0.1, 0.15) is 11.1 Å². The van der Waals surface area contributed by atoms with E-state index in [0.29, 0.717) is 17.4 Å². The van der Waals surface area contributed by atoms with Gasteiger partial charge in [0.1, 0.15) is 0 Å². The van der Waals surface area contributed by atoms with E-state index in [2.05, 4.69) is 5.32 Å². The summed E-state index contributed by atoms with van der Waals surface area (Å²) in [6, 6.07) is 1.84. The zero-order chi connectivity index (χ0) is 10.8. The second-order valence-electron chi connectivity index (χ2n) is 3.63. The predicted molar refractivity (Wildman–Crippen MR) is 59.9 cm³/mol. The first-order chi connectivity index (χ1) is 7.24. The maximum absolute atomic E-state index is 9.95. The van der Waals surface area contributed by atoms with E-state index in [9.17, 15) is 5.11 Å². The molecule has 0 bridgehead atoms. The van der Waals surface area contributed by atoms with Crippen molar-refractivity contribution in [2.24, 2.45) is 0 Å². The van der Waals surface area contributed by atoms with E-state index in [1.807, 2.05) is 13.1 Å². The summed E-state index contributed by atoms with van der Waals surface area (Å²) in [6.07, 6.45) is 1.53. The highest BCUT2D eigenvalue weighted by Gasteiger charge is 2.22. The van der Waals surface area contributed by atoms with E-state index in [-0.39, 0.29) is 5.75 Å². The maximum atomic E-state index is 9.95. The van der Waals surface area contributed by atoms with Crippen LogP contribution in [0.15, 0.2) is 6.07 Å². The molecule has 3 nitrogen and oxygen atoms in total.